The summed E-state index contributed by atoms with van der Waals surface area (Å²) in [6.45, 7) is 0.583. The molecule has 32 heavy (non-hydrogen) atoms. The van der Waals surface area contributed by atoms with Gasteiger partial charge < -0.3 is 14.2 Å². The van der Waals surface area contributed by atoms with Crippen molar-refractivity contribution in [3.63, 3.8) is 0 Å². The number of hydrogen-bond acceptors (Lipinski definition) is 5. The first-order valence-corrected chi connectivity index (χ1v) is 10.5. The quantitative estimate of drug-likeness (QED) is 0.529. The first-order chi connectivity index (χ1) is 15.6. The number of methoxy groups -OCH3 is 1. The van der Waals surface area contributed by atoms with Gasteiger partial charge in [-0.05, 0) is 35.2 Å². The minimum absolute atomic E-state index is 0.0616. The fraction of sp³-hybridized carbons (Fsp3) is 0.231. The van der Waals surface area contributed by atoms with Gasteiger partial charge in [-0.15, -0.1) is 0 Å². The molecule has 3 aromatic rings. The normalized spacial score (nSPS) is 15.3. The summed E-state index contributed by atoms with van der Waals surface area (Å²) in [4.78, 5) is 26.5. The first-order valence-electron chi connectivity index (χ1n) is 10.5. The van der Waals surface area contributed by atoms with Gasteiger partial charge in [-0.1, -0.05) is 66.7 Å². The molecule has 6 heteroatoms. The average molecular weight is 431 g/mol. The molecule has 0 bridgehead atoms. The lowest BCUT2D eigenvalue weighted by molar-refractivity contribution is -0.128. The van der Waals surface area contributed by atoms with Crippen molar-refractivity contribution < 1.29 is 23.8 Å². The van der Waals surface area contributed by atoms with E-state index in [0.29, 0.717) is 24.5 Å². The summed E-state index contributed by atoms with van der Waals surface area (Å²) in [6, 6.07) is 24.6. The molecule has 164 valence electrons. The molecule has 1 aliphatic rings. The molecule has 4 rings (SSSR count). The summed E-state index contributed by atoms with van der Waals surface area (Å²) in [5, 5.41) is 0. The second-order valence-electron chi connectivity index (χ2n) is 7.62. The minimum atomic E-state index is -0.593. The molecule has 6 nitrogen and oxygen atoms in total. The van der Waals surface area contributed by atoms with E-state index in [-0.39, 0.29) is 25.0 Å². The second-order valence-corrected chi connectivity index (χ2v) is 7.62. The van der Waals surface area contributed by atoms with Crippen LogP contribution in [0.5, 0.6) is 11.5 Å². The minimum Gasteiger partial charge on any atom is -0.493 e. The van der Waals surface area contributed by atoms with E-state index in [9.17, 15) is 9.59 Å². The van der Waals surface area contributed by atoms with E-state index in [1.54, 1.807) is 25.3 Å². The maximum Gasteiger partial charge on any atom is 0.416 e. The first kappa shape index (κ1) is 21.4. The number of imide groups is 1. The maximum atomic E-state index is 13.0. The van der Waals surface area contributed by atoms with Crippen molar-refractivity contribution >= 4 is 12.0 Å². The Morgan fingerprint density at radius 3 is 2.31 bits per heavy atom. The van der Waals surface area contributed by atoms with Crippen LogP contribution in [0.1, 0.15) is 16.7 Å². The number of carbonyl (C=O) groups excluding carboxylic acids is 2. The van der Waals surface area contributed by atoms with Gasteiger partial charge in [0.1, 0.15) is 13.2 Å². The van der Waals surface area contributed by atoms with Gasteiger partial charge in [0.25, 0.3) is 0 Å². The van der Waals surface area contributed by atoms with E-state index in [2.05, 4.69) is 0 Å². The molecule has 1 unspecified atom stereocenters. The van der Waals surface area contributed by atoms with Gasteiger partial charge >= 0.3 is 6.09 Å². The number of benzene rings is 3. The van der Waals surface area contributed by atoms with E-state index in [0.717, 1.165) is 16.7 Å². The van der Waals surface area contributed by atoms with Crippen LogP contribution in [0.15, 0.2) is 78.9 Å². The van der Waals surface area contributed by atoms with Gasteiger partial charge in [0.15, 0.2) is 11.5 Å². The van der Waals surface area contributed by atoms with Crippen LogP contribution < -0.4 is 9.47 Å². The predicted octanol–water partition coefficient (Wildman–Crippen LogP) is 4.41. The summed E-state index contributed by atoms with van der Waals surface area (Å²) >= 11 is 0. The van der Waals surface area contributed by atoms with Crippen molar-refractivity contribution in [3.8, 4) is 11.5 Å². The Hall–Kier alpha value is -3.80. The van der Waals surface area contributed by atoms with E-state index in [4.69, 9.17) is 14.2 Å². The van der Waals surface area contributed by atoms with Crippen LogP contribution in [-0.2, 0) is 29.0 Å². The number of hydrogen-bond donors (Lipinski definition) is 0. The van der Waals surface area contributed by atoms with Crippen LogP contribution in [0.2, 0.25) is 0 Å². The number of amides is 2. The van der Waals surface area contributed by atoms with E-state index in [1.807, 2.05) is 60.7 Å². The van der Waals surface area contributed by atoms with Gasteiger partial charge in [0.05, 0.1) is 19.6 Å². The zero-order chi connectivity index (χ0) is 22.3. The zero-order valence-electron chi connectivity index (χ0n) is 17.9. The largest absolute Gasteiger partial charge is 0.493 e. The number of carbonyl (C=O) groups is 2. The molecule has 1 saturated heterocycles. The lowest BCUT2D eigenvalue weighted by atomic mass is 10.0. The molecule has 0 N–H and O–H groups in total. The van der Waals surface area contributed by atoms with E-state index < -0.39 is 6.09 Å². The highest BCUT2D eigenvalue weighted by Gasteiger charge is 2.37. The third-order valence-electron chi connectivity index (χ3n) is 5.36. The molecule has 1 atom stereocenters. The van der Waals surface area contributed by atoms with Crippen molar-refractivity contribution in [3.05, 3.63) is 95.6 Å². The highest BCUT2D eigenvalue weighted by molar-refractivity contribution is 5.94. The topological polar surface area (TPSA) is 65.1 Å². The van der Waals surface area contributed by atoms with Gasteiger partial charge in [0, 0.05) is 0 Å². The standard InChI is InChI=1S/C26H25NO5/c1-30-23-13-12-21(15-24(23)31-17-20-10-6-3-7-11-20)16-25(28)27-22(18-32-26(27)29)14-19-8-4-2-5-9-19/h2-13,15,22H,14,16-18H2,1H3. The maximum absolute atomic E-state index is 13.0. The van der Waals surface area contributed by atoms with E-state index in [1.165, 1.54) is 4.90 Å². The lowest BCUT2D eigenvalue weighted by Crippen LogP contribution is -2.41. The van der Waals surface area contributed by atoms with Crippen molar-refractivity contribution in [2.75, 3.05) is 13.7 Å². The SMILES string of the molecule is COc1ccc(CC(=O)N2C(=O)OCC2Cc2ccccc2)cc1OCc1ccccc1. The fourth-order valence-corrected chi connectivity index (χ4v) is 3.74. The monoisotopic (exact) mass is 431 g/mol. The molecular formula is C26H25NO5. The Balaban J connectivity index is 1.46. The lowest BCUT2D eigenvalue weighted by Gasteiger charge is -2.20. The molecule has 0 aromatic heterocycles. The van der Waals surface area contributed by atoms with Crippen LogP contribution in [0, 0.1) is 0 Å². The van der Waals surface area contributed by atoms with Crippen molar-refractivity contribution in [1.82, 2.24) is 4.90 Å². The molecule has 1 aliphatic heterocycles. The molecular weight excluding hydrogens is 406 g/mol. The second kappa shape index (κ2) is 10.0. The van der Waals surface area contributed by atoms with Gasteiger partial charge in [-0.3, -0.25) is 4.79 Å². The summed E-state index contributed by atoms with van der Waals surface area (Å²) in [6.07, 6.45) is 0.0309. The van der Waals surface area contributed by atoms with Crippen molar-refractivity contribution in [2.45, 2.75) is 25.5 Å². The smallest absolute Gasteiger partial charge is 0.416 e. The highest BCUT2D eigenvalue weighted by atomic mass is 16.6. The molecule has 1 heterocycles. The fourth-order valence-electron chi connectivity index (χ4n) is 3.74. The third kappa shape index (κ3) is 5.09. The van der Waals surface area contributed by atoms with Crippen LogP contribution in [-0.4, -0.2) is 36.7 Å². The highest BCUT2D eigenvalue weighted by Crippen LogP contribution is 2.29. The number of nitrogens with zero attached hydrogens (tertiary/aromatic N) is 1. The number of cyclic esters (lactones) is 1. The van der Waals surface area contributed by atoms with Crippen LogP contribution in [0.3, 0.4) is 0 Å². The Labute approximate surface area is 187 Å². The molecule has 0 aliphatic carbocycles. The Bertz CT molecular complexity index is 1070. The predicted molar refractivity (Wildman–Crippen MR) is 120 cm³/mol. The number of ether oxygens (including phenoxy) is 3. The summed E-state index contributed by atoms with van der Waals surface area (Å²) < 4.78 is 16.5. The van der Waals surface area contributed by atoms with Crippen molar-refractivity contribution in [1.29, 1.82) is 0 Å². The summed E-state index contributed by atoms with van der Waals surface area (Å²) in [5.74, 6) is 0.832. The zero-order valence-corrected chi connectivity index (χ0v) is 17.9. The Morgan fingerprint density at radius 2 is 1.62 bits per heavy atom. The molecule has 3 aromatic carbocycles. The van der Waals surface area contributed by atoms with Crippen LogP contribution >= 0.6 is 0 Å². The van der Waals surface area contributed by atoms with E-state index >= 15 is 0 Å². The molecule has 1 fully saturated rings. The molecule has 2 amide bonds. The van der Waals surface area contributed by atoms with Gasteiger partial charge in [-0.2, -0.15) is 0 Å². The number of rotatable bonds is 8. The Kier molecular flexibility index (Phi) is 6.70. The molecule has 0 spiro atoms. The van der Waals surface area contributed by atoms with Crippen LogP contribution in [0.4, 0.5) is 4.79 Å². The van der Waals surface area contributed by atoms with Crippen molar-refractivity contribution in [2.24, 2.45) is 0 Å². The third-order valence-corrected chi connectivity index (χ3v) is 5.36. The molecule has 0 radical (unpaired) electrons. The summed E-state index contributed by atoms with van der Waals surface area (Å²) in [7, 11) is 1.57. The van der Waals surface area contributed by atoms with Crippen LogP contribution in [0.25, 0.3) is 0 Å². The Morgan fingerprint density at radius 1 is 0.938 bits per heavy atom. The van der Waals surface area contributed by atoms with Gasteiger partial charge in [0.2, 0.25) is 5.91 Å². The summed E-state index contributed by atoms with van der Waals surface area (Å²) in [5.41, 5.74) is 2.81. The average Bonchev–Trinajstić information content (AvgIpc) is 3.19. The molecule has 0 saturated carbocycles. The van der Waals surface area contributed by atoms with Gasteiger partial charge in [-0.25, -0.2) is 9.69 Å².